The lowest BCUT2D eigenvalue weighted by molar-refractivity contribution is -0.136. The van der Waals surface area contributed by atoms with Gasteiger partial charge in [0.2, 0.25) is 0 Å². The molecule has 0 N–H and O–H groups in total. The third-order valence-electron chi connectivity index (χ3n) is 1.58. The fourth-order valence-corrected chi connectivity index (χ4v) is 2.45. The average molecular weight is 241 g/mol. The van der Waals surface area contributed by atoms with Gasteiger partial charge in [0.05, 0.1) is 5.03 Å². The molecule has 2 nitrogen and oxygen atoms in total. The number of hydrogen-bond donors (Lipinski definition) is 0. The van der Waals surface area contributed by atoms with Gasteiger partial charge >= 0.3 is 5.97 Å². The molecule has 5 heteroatoms. The van der Waals surface area contributed by atoms with E-state index in [-0.39, 0.29) is 10.5 Å². The summed E-state index contributed by atoms with van der Waals surface area (Å²) in [5.41, 5.74) is -0.381. The van der Waals surface area contributed by atoms with Gasteiger partial charge in [-0.15, -0.1) is 11.8 Å². The summed E-state index contributed by atoms with van der Waals surface area (Å²) in [6, 6.07) is 0. The van der Waals surface area contributed by atoms with Crippen LogP contribution in [0.15, 0.2) is 10.1 Å². The minimum absolute atomic E-state index is 0.0238. The van der Waals surface area contributed by atoms with Crippen LogP contribution in [0, 0.1) is 0 Å². The molecule has 0 amide bonds. The summed E-state index contributed by atoms with van der Waals surface area (Å²) in [6.07, 6.45) is 2.20. The standard InChI is InChI=1S/C8H10Cl2O2S/c1-2-3-4-13-8-6(10)5(9)7(11)12-8/h8H,2-4H2,1H3. The molecule has 0 aromatic carbocycles. The average Bonchev–Trinajstić information content (AvgIpc) is 2.34. The highest BCUT2D eigenvalue weighted by molar-refractivity contribution is 8.00. The van der Waals surface area contributed by atoms with Gasteiger partial charge in [0.25, 0.3) is 0 Å². The third kappa shape index (κ3) is 2.79. The van der Waals surface area contributed by atoms with Crippen LogP contribution in [0.1, 0.15) is 19.8 Å². The zero-order valence-electron chi connectivity index (χ0n) is 7.18. The number of unbranched alkanes of at least 4 members (excludes halogenated alkanes) is 1. The highest BCUT2D eigenvalue weighted by atomic mass is 35.5. The topological polar surface area (TPSA) is 26.3 Å². The van der Waals surface area contributed by atoms with E-state index in [4.69, 9.17) is 27.9 Å². The summed E-state index contributed by atoms with van der Waals surface area (Å²) in [7, 11) is 0. The summed E-state index contributed by atoms with van der Waals surface area (Å²) >= 11 is 12.9. The molecule has 0 radical (unpaired) electrons. The summed E-state index contributed by atoms with van der Waals surface area (Å²) in [6.45, 7) is 2.10. The van der Waals surface area contributed by atoms with Crippen molar-refractivity contribution in [3.05, 3.63) is 10.1 Å². The Morgan fingerprint density at radius 1 is 1.54 bits per heavy atom. The molecule has 74 valence electrons. The van der Waals surface area contributed by atoms with Crippen LogP contribution in [-0.4, -0.2) is 17.2 Å². The molecule has 1 atom stereocenters. The summed E-state index contributed by atoms with van der Waals surface area (Å²) in [4.78, 5) is 10.9. The Hall–Kier alpha value is 0.140. The van der Waals surface area contributed by atoms with Crippen LogP contribution in [0.5, 0.6) is 0 Å². The van der Waals surface area contributed by atoms with Gasteiger partial charge in [0.1, 0.15) is 5.03 Å². The van der Waals surface area contributed by atoms with Crippen molar-refractivity contribution in [2.24, 2.45) is 0 Å². The lowest BCUT2D eigenvalue weighted by Gasteiger charge is -2.08. The van der Waals surface area contributed by atoms with Crippen molar-refractivity contribution in [2.75, 3.05) is 5.75 Å². The van der Waals surface area contributed by atoms with Crippen LogP contribution in [0.4, 0.5) is 0 Å². The van der Waals surface area contributed by atoms with Crippen molar-refractivity contribution in [1.82, 2.24) is 0 Å². The van der Waals surface area contributed by atoms with Gasteiger partial charge in [-0.1, -0.05) is 36.5 Å². The van der Waals surface area contributed by atoms with Gasteiger partial charge in [-0.2, -0.15) is 0 Å². The second kappa shape index (κ2) is 5.13. The lowest BCUT2D eigenvalue weighted by Crippen LogP contribution is -2.05. The number of rotatable bonds is 4. The molecule has 13 heavy (non-hydrogen) atoms. The molecule has 1 aliphatic rings. The Morgan fingerprint density at radius 3 is 2.69 bits per heavy atom. The van der Waals surface area contributed by atoms with E-state index in [0.29, 0.717) is 5.03 Å². The number of thioether (sulfide) groups is 1. The van der Waals surface area contributed by atoms with Crippen LogP contribution in [0.25, 0.3) is 0 Å². The molecule has 1 heterocycles. The van der Waals surface area contributed by atoms with Crippen LogP contribution < -0.4 is 0 Å². The molecule has 1 rings (SSSR count). The molecule has 0 aromatic heterocycles. The van der Waals surface area contributed by atoms with Gasteiger partial charge in [-0.05, 0) is 12.2 Å². The molecule has 0 aromatic rings. The van der Waals surface area contributed by atoms with E-state index < -0.39 is 5.97 Å². The summed E-state index contributed by atoms with van der Waals surface area (Å²) < 4.78 is 4.92. The smallest absolute Gasteiger partial charge is 0.352 e. The normalized spacial score (nSPS) is 22.4. The van der Waals surface area contributed by atoms with Gasteiger partial charge in [0.15, 0.2) is 5.44 Å². The first-order chi connectivity index (χ1) is 6.16. The number of esters is 1. The van der Waals surface area contributed by atoms with Crippen LogP contribution >= 0.6 is 35.0 Å². The van der Waals surface area contributed by atoms with Crippen LogP contribution in [0.3, 0.4) is 0 Å². The Labute approximate surface area is 91.6 Å². The van der Waals surface area contributed by atoms with E-state index >= 15 is 0 Å². The maximum absolute atomic E-state index is 10.9. The van der Waals surface area contributed by atoms with E-state index in [1.807, 2.05) is 0 Å². The third-order valence-corrected chi connectivity index (χ3v) is 3.71. The predicted molar refractivity (Wildman–Crippen MR) is 56.0 cm³/mol. The second-order valence-corrected chi connectivity index (χ2v) is 4.58. The monoisotopic (exact) mass is 240 g/mol. The Morgan fingerprint density at radius 2 is 2.23 bits per heavy atom. The van der Waals surface area contributed by atoms with Gasteiger partial charge in [0, 0.05) is 0 Å². The van der Waals surface area contributed by atoms with Gasteiger partial charge in [-0.3, -0.25) is 0 Å². The minimum Gasteiger partial charge on any atom is -0.441 e. The van der Waals surface area contributed by atoms with E-state index in [1.54, 1.807) is 0 Å². The van der Waals surface area contributed by atoms with E-state index in [0.717, 1.165) is 18.6 Å². The first kappa shape index (κ1) is 11.2. The second-order valence-electron chi connectivity index (χ2n) is 2.62. The molecular weight excluding hydrogens is 231 g/mol. The van der Waals surface area contributed by atoms with Crippen LogP contribution in [0.2, 0.25) is 0 Å². The first-order valence-corrected chi connectivity index (χ1v) is 5.85. The molecule has 0 spiro atoms. The minimum atomic E-state index is -0.513. The molecule has 0 aliphatic carbocycles. The number of cyclic esters (lactones) is 1. The molecule has 1 unspecified atom stereocenters. The van der Waals surface area contributed by atoms with Gasteiger partial charge in [-0.25, -0.2) is 4.79 Å². The fraction of sp³-hybridized carbons (Fsp3) is 0.625. The zero-order chi connectivity index (χ0) is 9.84. The van der Waals surface area contributed by atoms with Crippen molar-refractivity contribution in [2.45, 2.75) is 25.2 Å². The largest absolute Gasteiger partial charge is 0.441 e. The molecule has 0 fully saturated rings. The lowest BCUT2D eigenvalue weighted by atomic mass is 10.4. The Kier molecular flexibility index (Phi) is 4.42. The SMILES string of the molecule is CCCCSC1OC(=O)C(Cl)=C1Cl. The summed E-state index contributed by atoms with van der Waals surface area (Å²) in [5.74, 6) is 0.412. The summed E-state index contributed by atoms with van der Waals surface area (Å²) in [5, 5.41) is 0.350. The van der Waals surface area contributed by atoms with Crippen molar-refractivity contribution in [3.8, 4) is 0 Å². The number of hydrogen-bond acceptors (Lipinski definition) is 3. The van der Waals surface area contributed by atoms with Crippen molar-refractivity contribution in [3.63, 3.8) is 0 Å². The molecule has 0 saturated carbocycles. The highest BCUT2D eigenvalue weighted by Crippen LogP contribution is 2.35. The molecule has 1 aliphatic heterocycles. The molecular formula is C8H10Cl2O2S. The molecule has 0 bridgehead atoms. The van der Waals surface area contributed by atoms with E-state index in [9.17, 15) is 4.79 Å². The van der Waals surface area contributed by atoms with Crippen LogP contribution in [-0.2, 0) is 9.53 Å². The van der Waals surface area contributed by atoms with Crippen molar-refractivity contribution < 1.29 is 9.53 Å². The van der Waals surface area contributed by atoms with E-state index in [1.165, 1.54) is 11.8 Å². The maximum Gasteiger partial charge on any atom is 0.352 e. The predicted octanol–water partition coefficient (Wildman–Crippen LogP) is 3.09. The maximum atomic E-state index is 10.9. The number of carbonyl (C=O) groups is 1. The molecule has 0 saturated heterocycles. The Bertz CT molecular complexity index is 240. The quantitative estimate of drug-likeness (QED) is 0.558. The number of ether oxygens (including phenoxy) is 1. The fourth-order valence-electron chi connectivity index (χ4n) is 0.844. The van der Waals surface area contributed by atoms with Gasteiger partial charge < -0.3 is 4.74 Å². The van der Waals surface area contributed by atoms with Crippen molar-refractivity contribution >= 4 is 40.9 Å². The van der Waals surface area contributed by atoms with E-state index in [2.05, 4.69) is 6.92 Å². The number of halogens is 2. The van der Waals surface area contributed by atoms with Crippen molar-refractivity contribution in [1.29, 1.82) is 0 Å². The highest BCUT2D eigenvalue weighted by Gasteiger charge is 2.31. The zero-order valence-corrected chi connectivity index (χ0v) is 9.51. The number of carbonyl (C=O) groups excluding carboxylic acids is 1. The first-order valence-electron chi connectivity index (χ1n) is 4.04. The Balaban J connectivity index is 2.42.